The van der Waals surface area contributed by atoms with Crippen molar-refractivity contribution in [2.45, 2.75) is 19.6 Å². The third-order valence-electron chi connectivity index (χ3n) is 3.24. The highest BCUT2D eigenvalue weighted by Gasteiger charge is 2.08. The average Bonchev–Trinajstić information content (AvgIpc) is 2.70. The summed E-state index contributed by atoms with van der Waals surface area (Å²) < 4.78 is 3.96. The zero-order valence-corrected chi connectivity index (χ0v) is 19.9. The van der Waals surface area contributed by atoms with Crippen molar-refractivity contribution >= 4 is 82.5 Å². The van der Waals surface area contributed by atoms with Gasteiger partial charge in [-0.15, -0.1) is 0 Å². The van der Waals surface area contributed by atoms with Gasteiger partial charge in [0.2, 0.25) is 0 Å². The van der Waals surface area contributed by atoms with Crippen LogP contribution < -0.4 is 0 Å². The molecule has 0 amide bonds. The Hall–Kier alpha value is -2.46. The van der Waals surface area contributed by atoms with Gasteiger partial charge in [0.1, 0.15) is 0 Å². The summed E-state index contributed by atoms with van der Waals surface area (Å²) in [4.78, 5) is 7.77. The molecule has 0 aliphatic carbocycles. The number of para-hydroxylation sites is 1. The van der Waals surface area contributed by atoms with Crippen LogP contribution in [-0.2, 0) is 0 Å². The van der Waals surface area contributed by atoms with E-state index < -0.39 is 8.24 Å². The number of isothiocyanates is 3. The van der Waals surface area contributed by atoms with E-state index in [0.717, 1.165) is 16.8 Å². The van der Waals surface area contributed by atoms with Crippen LogP contribution in [0.5, 0.6) is 0 Å². The minimum absolute atomic E-state index is 0.854. The number of aliphatic imine (C=N–C) groups is 2. The van der Waals surface area contributed by atoms with E-state index in [1.54, 1.807) is 0 Å². The van der Waals surface area contributed by atoms with E-state index in [-0.39, 0.29) is 0 Å². The summed E-state index contributed by atoms with van der Waals surface area (Å²) in [5, 5.41) is 9.34. The fourth-order valence-corrected chi connectivity index (χ4v) is 3.35. The highest BCUT2D eigenvalue weighted by Crippen LogP contribution is 2.24. The third-order valence-corrected chi connectivity index (χ3v) is 4.46. The van der Waals surface area contributed by atoms with Gasteiger partial charge in [0.25, 0.3) is 0 Å². The Morgan fingerprint density at radius 2 is 1.24 bits per heavy atom. The summed E-state index contributed by atoms with van der Waals surface area (Å²) in [5.74, 6) is 0. The number of fused-ring (bicyclic) bond motifs is 1. The molecule has 0 atom stereocenters. The molecule has 146 valence electrons. The van der Waals surface area contributed by atoms with Gasteiger partial charge in [-0.05, 0) is 79.9 Å². The number of benzene rings is 3. The first-order chi connectivity index (χ1) is 13.9. The zero-order valence-electron chi connectivity index (χ0n) is 16.5. The molecule has 3 rings (SSSR count). The van der Waals surface area contributed by atoms with Crippen LogP contribution in [0.2, 0.25) is 19.6 Å². The maximum atomic E-state index is 4.58. The van der Waals surface area contributed by atoms with Crippen molar-refractivity contribution in [1.82, 2.24) is 0 Å². The summed E-state index contributed by atoms with van der Waals surface area (Å²) in [5.41, 5.74) is 1.74. The van der Waals surface area contributed by atoms with Gasteiger partial charge in [-0.3, -0.25) is 4.66 Å². The largest absolute Gasteiger partial charge is 0.274 e. The first kappa shape index (κ1) is 24.6. The Morgan fingerprint density at radius 1 is 0.655 bits per heavy atom. The molecule has 7 heteroatoms. The standard InChI is InChI=1S/C11H7NS.C7H5NS.C4H9NSSi/c13-8-12-11-7-3-5-9-4-1-2-6-10(9)11;9-6-8-7-4-2-1-3-5-7;1-7(2,3)5-4-6/h1-7H;1-5H;1-3H3. The van der Waals surface area contributed by atoms with Gasteiger partial charge in [-0.2, -0.15) is 9.98 Å². The van der Waals surface area contributed by atoms with Gasteiger partial charge in [0, 0.05) is 10.5 Å². The SMILES string of the molecule is C[Si](C)(C)N=C=S.S=C=Nc1cccc2ccccc12.S=C=Nc1ccccc1. The molecule has 0 radical (unpaired) electrons. The Kier molecular flexibility index (Phi) is 11.6. The van der Waals surface area contributed by atoms with Crippen LogP contribution in [-0.4, -0.2) is 23.7 Å². The Balaban J connectivity index is 0.000000232. The van der Waals surface area contributed by atoms with E-state index in [9.17, 15) is 0 Å². The van der Waals surface area contributed by atoms with Crippen LogP contribution in [0.3, 0.4) is 0 Å². The second kappa shape index (κ2) is 13.7. The van der Waals surface area contributed by atoms with Gasteiger partial charge in [0.05, 0.1) is 21.7 Å². The van der Waals surface area contributed by atoms with Crippen LogP contribution in [0.4, 0.5) is 11.4 Å². The van der Waals surface area contributed by atoms with Crippen molar-refractivity contribution in [2.24, 2.45) is 14.6 Å². The molecule has 0 saturated heterocycles. The Morgan fingerprint density at radius 3 is 1.79 bits per heavy atom. The first-order valence-corrected chi connectivity index (χ1v) is 13.4. The van der Waals surface area contributed by atoms with Gasteiger partial charge < -0.3 is 0 Å². The summed E-state index contributed by atoms with van der Waals surface area (Å²) in [6.07, 6.45) is 0. The lowest BCUT2D eigenvalue weighted by molar-refractivity contribution is 1.55. The molecule has 0 N–H and O–H groups in total. The summed E-state index contributed by atoms with van der Waals surface area (Å²) in [7, 11) is -1.25. The highest BCUT2D eigenvalue weighted by atomic mass is 32.1. The summed E-state index contributed by atoms with van der Waals surface area (Å²) in [6, 6.07) is 23.5. The second-order valence-corrected chi connectivity index (χ2v) is 11.7. The van der Waals surface area contributed by atoms with E-state index in [0.29, 0.717) is 0 Å². The molecule has 0 spiro atoms. The molecule has 0 aromatic heterocycles. The Bertz CT molecular complexity index is 1050. The molecule has 3 aromatic carbocycles. The number of rotatable bonds is 3. The van der Waals surface area contributed by atoms with Crippen LogP contribution in [0, 0.1) is 0 Å². The van der Waals surface area contributed by atoms with Crippen molar-refractivity contribution < 1.29 is 0 Å². The number of nitrogens with zero attached hydrogens (tertiary/aromatic N) is 3. The minimum atomic E-state index is -1.25. The summed E-state index contributed by atoms with van der Waals surface area (Å²) >= 11 is 13.4. The predicted octanol–water partition coefficient (Wildman–Crippen LogP) is 7.92. The third kappa shape index (κ3) is 10.6. The van der Waals surface area contributed by atoms with E-state index in [1.165, 1.54) is 5.39 Å². The highest BCUT2D eigenvalue weighted by molar-refractivity contribution is 7.78. The normalized spacial score (nSPS) is 9.21. The molecular formula is C22H21N3S3Si. The molecular weight excluding hydrogens is 431 g/mol. The van der Waals surface area contributed by atoms with E-state index >= 15 is 0 Å². The van der Waals surface area contributed by atoms with E-state index in [4.69, 9.17) is 0 Å². The maximum absolute atomic E-state index is 4.58. The smallest absolute Gasteiger partial charge is 0.185 e. The fourth-order valence-electron chi connectivity index (χ4n) is 2.05. The van der Waals surface area contributed by atoms with Crippen LogP contribution in [0.1, 0.15) is 0 Å². The van der Waals surface area contributed by atoms with Gasteiger partial charge in [-0.1, -0.05) is 54.6 Å². The minimum Gasteiger partial charge on any atom is -0.274 e. The predicted molar refractivity (Wildman–Crippen MR) is 138 cm³/mol. The quantitative estimate of drug-likeness (QED) is 0.230. The van der Waals surface area contributed by atoms with E-state index in [2.05, 4.69) is 98.6 Å². The van der Waals surface area contributed by atoms with Crippen molar-refractivity contribution in [1.29, 1.82) is 0 Å². The lowest BCUT2D eigenvalue weighted by atomic mass is 10.1. The van der Waals surface area contributed by atoms with Crippen LogP contribution in [0.15, 0.2) is 87.4 Å². The molecule has 29 heavy (non-hydrogen) atoms. The summed E-state index contributed by atoms with van der Waals surface area (Å²) in [6.45, 7) is 6.35. The second-order valence-electron chi connectivity index (χ2n) is 6.61. The maximum Gasteiger partial charge on any atom is 0.185 e. The average molecular weight is 452 g/mol. The molecule has 0 saturated carbocycles. The van der Waals surface area contributed by atoms with E-state index in [1.807, 2.05) is 60.7 Å². The topological polar surface area (TPSA) is 37.1 Å². The lowest BCUT2D eigenvalue weighted by Crippen LogP contribution is -2.14. The monoisotopic (exact) mass is 451 g/mol. The molecule has 3 aromatic rings. The Labute approximate surface area is 189 Å². The molecule has 0 aliphatic heterocycles. The first-order valence-electron chi connectivity index (χ1n) is 8.69. The van der Waals surface area contributed by atoms with Crippen LogP contribution in [0.25, 0.3) is 10.8 Å². The lowest BCUT2D eigenvalue weighted by Gasteiger charge is -2.02. The van der Waals surface area contributed by atoms with Crippen molar-refractivity contribution in [3.63, 3.8) is 0 Å². The number of thiocarbonyl (C=S) groups is 3. The number of hydrogen-bond donors (Lipinski definition) is 0. The van der Waals surface area contributed by atoms with Crippen molar-refractivity contribution in [3.8, 4) is 0 Å². The number of hydrogen-bond acceptors (Lipinski definition) is 6. The molecule has 0 aliphatic rings. The van der Waals surface area contributed by atoms with Gasteiger partial charge in [0.15, 0.2) is 8.24 Å². The van der Waals surface area contributed by atoms with Gasteiger partial charge in [-0.25, -0.2) is 0 Å². The fraction of sp³-hybridized carbons (Fsp3) is 0.136. The molecule has 0 unspecified atom stereocenters. The molecule has 0 fully saturated rings. The molecule has 0 bridgehead atoms. The zero-order chi connectivity index (χ0) is 21.5. The van der Waals surface area contributed by atoms with Crippen LogP contribution >= 0.6 is 36.7 Å². The molecule has 3 nitrogen and oxygen atoms in total. The van der Waals surface area contributed by atoms with Crippen molar-refractivity contribution in [2.75, 3.05) is 0 Å². The molecule has 0 heterocycles. The van der Waals surface area contributed by atoms with Crippen molar-refractivity contribution in [3.05, 3.63) is 72.8 Å². The van der Waals surface area contributed by atoms with Gasteiger partial charge >= 0.3 is 0 Å².